The summed E-state index contributed by atoms with van der Waals surface area (Å²) in [4.78, 5) is 92.0. The van der Waals surface area contributed by atoms with Crippen LogP contribution < -0.4 is 9.46 Å². The van der Waals surface area contributed by atoms with Crippen molar-refractivity contribution < 1.29 is 76.2 Å². The van der Waals surface area contributed by atoms with Gasteiger partial charge in [0.2, 0.25) is 10.0 Å². The molecule has 17 nitrogen and oxygen atoms in total. The van der Waals surface area contributed by atoms with Crippen LogP contribution >= 0.6 is 0 Å². The number of carboxylic acid groups (broad SMARTS) is 2. The third kappa shape index (κ3) is 12.0. The van der Waals surface area contributed by atoms with Crippen molar-refractivity contribution in [2.24, 2.45) is 51.8 Å². The normalized spacial score (nSPS) is 17.8. The molecule has 2 aromatic carbocycles. The molecule has 0 saturated carbocycles. The fraction of sp³-hybridized carbons (Fsp3) is 0.578. The van der Waals surface area contributed by atoms with Gasteiger partial charge in [-0.2, -0.15) is 0 Å². The van der Waals surface area contributed by atoms with E-state index in [9.17, 15) is 57.3 Å². The molecule has 1 heterocycles. The molecule has 4 N–H and O–H groups in total. The number of nitrogens with one attached hydrogen (secondary N) is 1. The summed E-state index contributed by atoms with van der Waals surface area (Å²) in [5.41, 5.74) is -3.03. The van der Waals surface area contributed by atoms with E-state index in [0.717, 1.165) is 17.7 Å². The summed E-state index contributed by atoms with van der Waals surface area (Å²) in [5, 5.41) is 32.0. The van der Waals surface area contributed by atoms with Gasteiger partial charge >= 0.3 is 35.8 Å². The Morgan fingerprint density at radius 2 is 1.37 bits per heavy atom. The number of methoxy groups -OCH3 is 1. The summed E-state index contributed by atoms with van der Waals surface area (Å²) in [6.07, 6.45) is -0.487. The molecule has 1 aliphatic heterocycles. The number of carbonyl (C=O) groups excluding carboxylic acids is 5. The number of ether oxygens (including phenoxy) is 4. The highest BCUT2D eigenvalue weighted by molar-refractivity contribution is 7.89. The number of aliphatic carboxylic acids is 2. The third-order valence-corrected chi connectivity index (χ3v) is 13.7. The Hall–Kier alpha value is -5.36. The molecule has 0 bridgehead atoms. The first-order chi connectivity index (χ1) is 29.1. The molecule has 0 aliphatic carbocycles. The zero-order valence-corrected chi connectivity index (χ0v) is 38.5. The molecule has 2 aromatic rings. The quantitative estimate of drug-likeness (QED) is 0.0350. The van der Waals surface area contributed by atoms with Gasteiger partial charge in [0.15, 0.2) is 5.78 Å². The third-order valence-electron chi connectivity index (χ3n) is 12.3. The van der Waals surface area contributed by atoms with E-state index in [1.54, 1.807) is 46.8 Å². The van der Waals surface area contributed by atoms with Gasteiger partial charge in [-0.15, -0.1) is 0 Å². The number of phenols is 1. The average molecular weight is 904 g/mol. The maximum atomic E-state index is 14.1. The maximum absolute atomic E-state index is 14.1. The van der Waals surface area contributed by atoms with Crippen LogP contribution in [0, 0.1) is 58.7 Å². The van der Waals surface area contributed by atoms with E-state index in [1.807, 2.05) is 6.92 Å². The van der Waals surface area contributed by atoms with Crippen LogP contribution in [0.1, 0.15) is 103 Å². The zero-order valence-electron chi connectivity index (χ0n) is 37.7. The molecule has 1 fully saturated rings. The molecular formula is C45H61NO16S. The molecule has 3 rings (SSSR count). The van der Waals surface area contributed by atoms with E-state index in [4.69, 9.17) is 18.9 Å². The smallest absolute Gasteiger partial charge is 0.318 e. The van der Waals surface area contributed by atoms with E-state index in [2.05, 4.69) is 4.72 Å². The van der Waals surface area contributed by atoms with Crippen molar-refractivity contribution in [2.75, 3.05) is 26.9 Å². The molecule has 0 aromatic heterocycles. The van der Waals surface area contributed by atoms with Gasteiger partial charge in [0, 0.05) is 18.2 Å². The van der Waals surface area contributed by atoms with Crippen molar-refractivity contribution >= 4 is 51.6 Å². The number of hydrogen-bond acceptors (Lipinski definition) is 14. The van der Waals surface area contributed by atoms with Crippen LogP contribution in [-0.4, -0.2) is 92.2 Å². The minimum atomic E-state index is -4.49. The van der Waals surface area contributed by atoms with Crippen molar-refractivity contribution in [1.82, 2.24) is 4.72 Å². The van der Waals surface area contributed by atoms with Crippen molar-refractivity contribution in [1.29, 1.82) is 0 Å². The average Bonchev–Trinajstić information content (AvgIpc) is 3.45. The summed E-state index contributed by atoms with van der Waals surface area (Å²) >= 11 is 0. The minimum Gasteiger partial charge on any atom is -0.507 e. The minimum absolute atomic E-state index is 0.141. The Balaban J connectivity index is 1.93. The van der Waals surface area contributed by atoms with Gasteiger partial charge in [0.1, 0.15) is 23.0 Å². The highest BCUT2D eigenvalue weighted by atomic mass is 32.2. The number of carbonyl (C=O) groups is 7. The molecule has 0 spiro atoms. The lowest BCUT2D eigenvalue weighted by molar-refractivity contribution is -0.171. The number of cyclic esters (lactones) is 2. The first-order valence-corrected chi connectivity index (χ1v) is 22.1. The van der Waals surface area contributed by atoms with Crippen LogP contribution in [0.4, 0.5) is 0 Å². The summed E-state index contributed by atoms with van der Waals surface area (Å²) in [5.74, 6) is -15.8. The number of carboxylic acids is 2. The van der Waals surface area contributed by atoms with Crippen LogP contribution in [0.3, 0.4) is 0 Å². The van der Waals surface area contributed by atoms with Crippen LogP contribution in [0.5, 0.6) is 11.5 Å². The number of aromatic hydroxyl groups is 1. The monoisotopic (exact) mass is 903 g/mol. The summed E-state index contributed by atoms with van der Waals surface area (Å²) in [7, 11) is -3.32. The van der Waals surface area contributed by atoms with E-state index >= 15 is 0 Å². The van der Waals surface area contributed by atoms with Crippen molar-refractivity contribution in [3.8, 4) is 11.5 Å². The predicted molar refractivity (Wildman–Crippen MR) is 226 cm³/mol. The Kier molecular flexibility index (Phi) is 16.9. The molecule has 1 aliphatic rings. The van der Waals surface area contributed by atoms with E-state index in [-0.39, 0.29) is 36.3 Å². The highest BCUT2D eigenvalue weighted by Gasteiger charge is 2.55. The lowest BCUT2D eigenvalue weighted by Crippen LogP contribution is -2.48. The fourth-order valence-corrected chi connectivity index (χ4v) is 9.83. The number of esters is 4. The Labute approximate surface area is 368 Å². The molecule has 0 radical (unpaired) electrons. The lowest BCUT2D eigenvalue weighted by Gasteiger charge is -2.43. The number of aryl methyl sites for hydroxylation is 1. The predicted octanol–water partition coefficient (Wildman–Crippen LogP) is 5.56. The molecule has 1 saturated heterocycles. The Morgan fingerprint density at radius 3 is 1.86 bits per heavy atom. The van der Waals surface area contributed by atoms with Crippen LogP contribution in [0.2, 0.25) is 0 Å². The first kappa shape index (κ1) is 52.0. The molecule has 6 atom stereocenters. The number of phenolic OH excluding ortho intramolecular Hbond substituents is 1. The van der Waals surface area contributed by atoms with E-state index < -0.39 is 134 Å². The molecule has 63 heavy (non-hydrogen) atoms. The number of ketones is 1. The number of rotatable bonds is 23. The zero-order chi connectivity index (χ0) is 48.0. The topological polar surface area (TPSA) is 263 Å². The van der Waals surface area contributed by atoms with Crippen molar-refractivity contribution in [3.05, 3.63) is 53.1 Å². The Morgan fingerprint density at radius 1 is 0.825 bits per heavy atom. The van der Waals surface area contributed by atoms with Crippen LogP contribution in [0.15, 0.2) is 41.3 Å². The summed E-state index contributed by atoms with van der Waals surface area (Å²) < 4.78 is 50.4. The maximum Gasteiger partial charge on any atom is 0.318 e. The molecule has 348 valence electrons. The van der Waals surface area contributed by atoms with Crippen LogP contribution in [-0.2, 0) is 53.0 Å². The van der Waals surface area contributed by atoms with Crippen LogP contribution in [0.25, 0.3) is 0 Å². The molecule has 6 unspecified atom stereocenters. The number of hydrogen-bond donors (Lipinski definition) is 4. The fourth-order valence-electron chi connectivity index (χ4n) is 8.64. The van der Waals surface area contributed by atoms with Crippen molar-refractivity contribution in [2.45, 2.75) is 93.4 Å². The molecule has 18 heteroatoms. The van der Waals surface area contributed by atoms with E-state index in [0.29, 0.717) is 0 Å². The number of benzene rings is 2. The molecule has 0 amide bonds. The van der Waals surface area contributed by atoms with Gasteiger partial charge in [-0.05, 0) is 49.0 Å². The molecular weight excluding hydrogens is 843 g/mol. The Bertz CT molecular complexity index is 2180. The largest absolute Gasteiger partial charge is 0.507 e. The highest BCUT2D eigenvalue weighted by Crippen LogP contribution is 2.50. The van der Waals surface area contributed by atoms with Crippen molar-refractivity contribution in [3.63, 3.8) is 0 Å². The first-order valence-electron chi connectivity index (χ1n) is 20.6. The second kappa shape index (κ2) is 20.4. The summed E-state index contributed by atoms with van der Waals surface area (Å²) in [6.45, 7) is 14.8. The SMILES string of the molecule is CCOC(=O)C(C(CC(C)(C)C1C(=O)OC(=O)C1C)C(=O)O)C(C)(C)CC(C(=O)O)C(C(=O)OCCNS(=O)(=O)c1cc(C(=O)c2ccc(C)cc2)c(O)cc1OC)C(C)(C)CC. The van der Waals surface area contributed by atoms with Gasteiger partial charge in [-0.3, -0.25) is 33.6 Å². The van der Waals surface area contributed by atoms with Gasteiger partial charge in [-0.1, -0.05) is 91.6 Å². The summed E-state index contributed by atoms with van der Waals surface area (Å²) in [6, 6.07) is 8.37. The number of sulfonamides is 1. The van der Waals surface area contributed by atoms with Gasteiger partial charge in [0.25, 0.3) is 0 Å². The van der Waals surface area contributed by atoms with Gasteiger partial charge in [-0.25, -0.2) is 13.1 Å². The van der Waals surface area contributed by atoms with Gasteiger partial charge in [0.05, 0.1) is 54.8 Å². The standard InChI is InChI=1S/C45H61NO16S/c1-12-43(5,6)34(41(55)61-19-18-46-63(57,58)32-20-27(30(47)21-31(32)59-11)36(48)26-16-14-24(3)15-17-26)28(37(49)50)23-45(9,10)35(40(54)60-13-2)29(38(51)52)22-44(7,8)33-25(4)39(53)62-42(33)56/h14-17,20-21,25,28-29,33-35,46-47H,12-13,18-19,22-23H2,1-11H3,(H,49,50)(H,51,52). The van der Waals surface area contributed by atoms with E-state index in [1.165, 1.54) is 46.9 Å². The second-order valence-electron chi connectivity index (χ2n) is 18.1. The van der Waals surface area contributed by atoms with Gasteiger partial charge < -0.3 is 34.3 Å². The lowest BCUT2D eigenvalue weighted by atomic mass is 9.59. The second-order valence-corrected chi connectivity index (χ2v) is 19.8.